The Kier molecular flexibility index (Phi) is 6.18. The molecule has 0 fully saturated rings. The van der Waals surface area contributed by atoms with Gasteiger partial charge in [-0.3, -0.25) is 9.00 Å². The van der Waals surface area contributed by atoms with Gasteiger partial charge in [0.25, 0.3) is 5.56 Å². The molecule has 0 saturated carbocycles. The molecule has 0 amide bonds. The monoisotopic (exact) mass is 375 g/mol. The number of anilines is 1. The summed E-state index contributed by atoms with van der Waals surface area (Å²) in [6, 6.07) is 0. The predicted molar refractivity (Wildman–Crippen MR) is 74.3 cm³/mol. The third-order valence-electron chi connectivity index (χ3n) is 2.24. The molecule has 20 heavy (non-hydrogen) atoms. The van der Waals surface area contributed by atoms with Gasteiger partial charge in [-0.05, 0) is 22.4 Å². The van der Waals surface area contributed by atoms with Crippen LogP contribution in [0.5, 0.6) is 0 Å². The van der Waals surface area contributed by atoms with Crippen LogP contribution in [-0.4, -0.2) is 38.7 Å². The van der Waals surface area contributed by atoms with Crippen molar-refractivity contribution in [3.8, 4) is 0 Å². The number of hydrogen-bond donors (Lipinski definition) is 1. The Morgan fingerprint density at radius 1 is 1.50 bits per heavy atom. The molecule has 1 aromatic rings. The van der Waals surface area contributed by atoms with E-state index < -0.39 is 29.1 Å². The summed E-state index contributed by atoms with van der Waals surface area (Å²) in [4.78, 5) is 11.7. The second kappa shape index (κ2) is 7.21. The van der Waals surface area contributed by atoms with E-state index in [2.05, 4.69) is 26.3 Å². The molecular weight excluding hydrogens is 363 g/mol. The van der Waals surface area contributed by atoms with E-state index in [9.17, 15) is 22.2 Å². The zero-order chi connectivity index (χ0) is 15.3. The van der Waals surface area contributed by atoms with Crippen molar-refractivity contribution in [3.63, 3.8) is 0 Å². The number of halogens is 4. The van der Waals surface area contributed by atoms with Crippen molar-refractivity contribution in [2.45, 2.75) is 19.1 Å². The Hall–Kier alpha value is -0.900. The molecule has 0 aromatic carbocycles. The molecule has 1 rings (SSSR count). The van der Waals surface area contributed by atoms with E-state index in [4.69, 9.17) is 0 Å². The number of alkyl halides is 3. The zero-order valence-electron chi connectivity index (χ0n) is 10.5. The van der Waals surface area contributed by atoms with Crippen LogP contribution < -0.4 is 10.9 Å². The minimum absolute atomic E-state index is 0.00521. The highest BCUT2D eigenvalue weighted by Gasteiger charge is 2.29. The molecule has 0 aliphatic rings. The van der Waals surface area contributed by atoms with Crippen LogP contribution in [0.3, 0.4) is 0 Å². The first kappa shape index (κ1) is 17.2. The summed E-state index contributed by atoms with van der Waals surface area (Å²) < 4.78 is 47.8. The summed E-state index contributed by atoms with van der Waals surface area (Å²) in [5.74, 6) is 0.503. The van der Waals surface area contributed by atoms with E-state index >= 15 is 0 Å². The maximum absolute atomic E-state index is 12.2. The topological polar surface area (TPSA) is 64.0 Å². The van der Waals surface area contributed by atoms with Gasteiger partial charge in [0.1, 0.15) is 11.0 Å². The van der Waals surface area contributed by atoms with Crippen molar-refractivity contribution in [2.75, 3.05) is 23.9 Å². The molecule has 10 heteroatoms. The van der Waals surface area contributed by atoms with Gasteiger partial charge in [0.05, 0.1) is 11.9 Å². The SMILES string of the molecule is CS(=O)CCCNc1cnn(CC(F)(F)F)c(=O)c1Br. The Labute approximate surface area is 124 Å². The maximum Gasteiger partial charge on any atom is 0.408 e. The largest absolute Gasteiger partial charge is 0.408 e. The molecule has 0 aliphatic carbocycles. The molecule has 0 bridgehead atoms. The van der Waals surface area contributed by atoms with Gasteiger partial charge in [-0.25, -0.2) is 4.68 Å². The van der Waals surface area contributed by atoms with Gasteiger partial charge in [0.2, 0.25) is 0 Å². The number of rotatable bonds is 6. The third-order valence-corrected chi connectivity index (χ3v) is 3.87. The van der Waals surface area contributed by atoms with Crippen molar-refractivity contribution in [1.82, 2.24) is 9.78 Å². The quantitative estimate of drug-likeness (QED) is 0.769. The number of nitrogens with zero attached hydrogens (tertiary/aromatic N) is 2. The molecule has 0 spiro atoms. The predicted octanol–water partition coefficient (Wildman–Crippen LogP) is 1.75. The van der Waals surface area contributed by atoms with Crippen molar-refractivity contribution < 1.29 is 17.4 Å². The molecule has 0 radical (unpaired) electrons. The number of aromatic nitrogens is 2. The normalized spacial score (nSPS) is 13.2. The Morgan fingerprint density at radius 2 is 2.15 bits per heavy atom. The van der Waals surface area contributed by atoms with E-state index in [0.29, 0.717) is 29.1 Å². The lowest BCUT2D eigenvalue weighted by Crippen LogP contribution is -2.31. The van der Waals surface area contributed by atoms with E-state index in [-0.39, 0.29) is 4.47 Å². The van der Waals surface area contributed by atoms with E-state index in [1.54, 1.807) is 6.26 Å². The lowest BCUT2D eigenvalue weighted by Gasteiger charge is -2.11. The Morgan fingerprint density at radius 3 is 2.70 bits per heavy atom. The maximum atomic E-state index is 12.2. The minimum atomic E-state index is -4.50. The van der Waals surface area contributed by atoms with Crippen molar-refractivity contribution in [1.29, 1.82) is 0 Å². The smallest absolute Gasteiger partial charge is 0.383 e. The first-order chi connectivity index (χ1) is 9.20. The van der Waals surface area contributed by atoms with Crippen LogP contribution >= 0.6 is 15.9 Å². The Balaban J connectivity index is 2.74. The van der Waals surface area contributed by atoms with Crippen LogP contribution in [0.25, 0.3) is 0 Å². The fraction of sp³-hybridized carbons (Fsp3) is 0.600. The van der Waals surface area contributed by atoms with Gasteiger partial charge in [-0.1, -0.05) is 0 Å². The highest BCUT2D eigenvalue weighted by Crippen LogP contribution is 2.19. The highest BCUT2D eigenvalue weighted by atomic mass is 79.9. The molecule has 114 valence electrons. The standard InChI is InChI=1S/C10H13BrF3N3O2S/c1-20(19)4-2-3-15-7-5-16-17(6-10(12,13)14)9(18)8(7)11/h5,15H,2-4,6H2,1H3. The molecule has 1 N–H and O–H groups in total. The summed E-state index contributed by atoms with van der Waals surface area (Å²) in [7, 11) is -0.906. The van der Waals surface area contributed by atoms with Crippen molar-refractivity contribution in [3.05, 3.63) is 21.0 Å². The summed E-state index contributed by atoms with van der Waals surface area (Å²) in [5.41, 5.74) is -0.540. The van der Waals surface area contributed by atoms with Gasteiger partial charge < -0.3 is 5.32 Å². The van der Waals surface area contributed by atoms with E-state index in [1.165, 1.54) is 0 Å². The fourth-order valence-electron chi connectivity index (χ4n) is 1.37. The van der Waals surface area contributed by atoms with Gasteiger partial charge in [-0.15, -0.1) is 0 Å². The van der Waals surface area contributed by atoms with Gasteiger partial charge in [-0.2, -0.15) is 18.3 Å². The zero-order valence-corrected chi connectivity index (χ0v) is 12.9. The van der Waals surface area contributed by atoms with Crippen LogP contribution in [0.15, 0.2) is 15.5 Å². The first-order valence-corrected chi connectivity index (χ1v) is 8.09. The highest BCUT2D eigenvalue weighted by molar-refractivity contribution is 9.10. The van der Waals surface area contributed by atoms with E-state index in [1.807, 2.05) is 0 Å². The number of nitrogens with one attached hydrogen (secondary N) is 1. The second-order valence-electron chi connectivity index (χ2n) is 4.01. The van der Waals surface area contributed by atoms with Crippen LogP contribution in [0.2, 0.25) is 0 Å². The summed E-state index contributed by atoms with van der Waals surface area (Å²) in [6.07, 6.45) is -1.16. The van der Waals surface area contributed by atoms with E-state index in [0.717, 1.165) is 6.20 Å². The Bertz CT molecular complexity index is 548. The first-order valence-electron chi connectivity index (χ1n) is 5.57. The summed E-state index contributed by atoms with van der Waals surface area (Å²) >= 11 is 2.96. The van der Waals surface area contributed by atoms with Crippen molar-refractivity contribution in [2.24, 2.45) is 0 Å². The minimum Gasteiger partial charge on any atom is -0.383 e. The van der Waals surface area contributed by atoms with Crippen LogP contribution in [0, 0.1) is 0 Å². The summed E-state index contributed by atoms with van der Waals surface area (Å²) in [5, 5.41) is 6.33. The van der Waals surface area contributed by atoms with Crippen LogP contribution in [-0.2, 0) is 17.3 Å². The molecular formula is C10H13BrF3N3O2S. The lowest BCUT2D eigenvalue weighted by atomic mass is 10.4. The van der Waals surface area contributed by atoms with Crippen LogP contribution in [0.1, 0.15) is 6.42 Å². The molecule has 0 saturated heterocycles. The van der Waals surface area contributed by atoms with Gasteiger partial charge >= 0.3 is 6.18 Å². The summed E-state index contributed by atoms with van der Waals surface area (Å²) in [6.45, 7) is -0.984. The number of hydrogen-bond acceptors (Lipinski definition) is 4. The molecule has 0 aliphatic heterocycles. The van der Waals surface area contributed by atoms with Gasteiger partial charge in [0.15, 0.2) is 0 Å². The molecule has 1 aromatic heterocycles. The van der Waals surface area contributed by atoms with Gasteiger partial charge in [0, 0.05) is 29.4 Å². The fourth-order valence-corrected chi connectivity index (χ4v) is 2.37. The third kappa shape index (κ3) is 5.61. The molecule has 5 nitrogen and oxygen atoms in total. The average Bonchev–Trinajstić information content (AvgIpc) is 2.31. The average molecular weight is 376 g/mol. The van der Waals surface area contributed by atoms with Crippen LogP contribution in [0.4, 0.5) is 18.9 Å². The molecule has 1 heterocycles. The van der Waals surface area contributed by atoms with Crippen molar-refractivity contribution >= 4 is 32.4 Å². The second-order valence-corrected chi connectivity index (χ2v) is 6.36. The molecule has 1 unspecified atom stereocenters. The lowest BCUT2D eigenvalue weighted by molar-refractivity contribution is -0.143. The molecule has 1 atom stereocenters.